The summed E-state index contributed by atoms with van der Waals surface area (Å²) in [6, 6.07) is 0.924. The maximum atomic E-state index is 3.97. The first kappa shape index (κ1) is 9.94. The van der Waals surface area contributed by atoms with Crippen LogP contribution in [0.5, 0.6) is 0 Å². The van der Waals surface area contributed by atoms with Crippen molar-refractivity contribution in [2.75, 3.05) is 6.54 Å². The zero-order chi connectivity index (χ0) is 10.5. The van der Waals surface area contributed by atoms with Crippen LogP contribution in [0.25, 0.3) is 0 Å². The van der Waals surface area contributed by atoms with Gasteiger partial charge >= 0.3 is 0 Å². The van der Waals surface area contributed by atoms with Gasteiger partial charge in [0, 0.05) is 6.04 Å². The van der Waals surface area contributed by atoms with E-state index >= 15 is 0 Å². The van der Waals surface area contributed by atoms with Gasteiger partial charge in [0.2, 0.25) is 0 Å². The molecule has 0 aromatic rings. The molecular formula is C15H25N. The molecule has 5 fully saturated rings. The second-order valence-electron chi connectivity index (χ2n) is 7.16. The Balaban J connectivity index is 1.40. The fourth-order valence-electron chi connectivity index (χ4n) is 5.26. The quantitative estimate of drug-likeness (QED) is 0.768. The number of rotatable bonds is 3. The first-order valence-electron chi connectivity index (χ1n) is 7.62. The standard InChI is InChI=1S/C15H25N/c1-2-10(3-1)9-16-15-13-5-11-4-12(7-13)8-14(15)6-11/h10-16H,1-9H2. The molecule has 4 bridgehead atoms. The molecule has 5 saturated carbocycles. The predicted molar refractivity (Wildman–Crippen MR) is 66.2 cm³/mol. The van der Waals surface area contributed by atoms with E-state index in [2.05, 4.69) is 5.32 Å². The lowest BCUT2D eigenvalue weighted by Gasteiger charge is -2.55. The van der Waals surface area contributed by atoms with Crippen molar-refractivity contribution in [1.29, 1.82) is 0 Å². The summed E-state index contributed by atoms with van der Waals surface area (Å²) in [4.78, 5) is 0. The first-order valence-corrected chi connectivity index (χ1v) is 7.62. The maximum Gasteiger partial charge on any atom is 0.0124 e. The van der Waals surface area contributed by atoms with Gasteiger partial charge in [0.15, 0.2) is 0 Å². The Morgan fingerprint density at radius 3 is 1.94 bits per heavy atom. The van der Waals surface area contributed by atoms with Gasteiger partial charge in [-0.15, -0.1) is 0 Å². The monoisotopic (exact) mass is 219 g/mol. The largest absolute Gasteiger partial charge is 0.313 e. The van der Waals surface area contributed by atoms with Gasteiger partial charge in [-0.2, -0.15) is 0 Å². The molecule has 0 radical (unpaired) electrons. The second kappa shape index (κ2) is 3.73. The minimum Gasteiger partial charge on any atom is -0.313 e. The Hall–Kier alpha value is -0.0400. The van der Waals surface area contributed by atoms with E-state index < -0.39 is 0 Å². The average Bonchev–Trinajstić information content (AvgIpc) is 2.18. The molecule has 5 rings (SSSR count). The van der Waals surface area contributed by atoms with Crippen molar-refractivity contribution in [3.63, 3.8) is 0 Å². The Kier molecular flexibility index (Phi) is 2.32. The van der Waals surface area contributed by atoms with Crippen molar-refractivity contribution in [2.24, 2.45) is 29.6 Å². The lowest BCUT2D eigenvalue weighted by atomic mass is 9.54. The Labute approximate surface area is 99.4 Å². The van der Waals surface area contributed by atoms with Crippen LogP contribution in [0.1, 0.15) is 51.4 Å². The lowest BCUT2D eigenvalue weighted by Crippen LogP contribution is -2.55. The Morgan fingerprint density at radius 2 is 1.44 bits per heavy atom. The van der Waals surface area contributed by atoms with Gasteiger partial charge in [0.25, 0.3) is 0 Å². The highest BCUT2D eigenvalue weighted by Crippen LogP contribution is 2.53. The summed E-state index contributed by atoms with van der Waals surface area (Å²) in [5, 5.41) is 3.97. The minimum absolute atomic E-state index is 0.924. The van der Waals surface area contributed by atoms with E-state index in [0.717, 1.165) is 35.6 Å². The fourth-order valence-corrected chi connectivity index (χ4v) is 5.26. The lowest BCUT2D eigenvalue weighted by molar-refractivity contribution is -0.0158. The summed E-state index contributed by atoms with van der Waals surface area (Å²) in [5.41, 5.74) is 0. The van der Waals surface area contributed by atoms with Crippen LogP contribution in [0.15, 0.2) is 0 Å². The molecule has 0 aliphatic heterocycles. The van der Waals surface area contributed by atoms with Crippen molar-refractivity contribution in [2.45, 2.75) is 57.4 Å². The number of hydrogen-bond acceptors (Lipinski definition) is 1. The summed E-state index contributed by atoms with van der Waals surface area (Å²) in [6.07, 6.45) is 12.3. The smallest absolute Gasteiger partial charge is 0.0124 e. The van der Waals surface area contributed by atoms with E-state index in [1.165, 1.54) is 25.8 Å². The maximum absolute atomic E-state index is 3.97. The third-order valence-electron chi connectivity index (χ3n) is 6.09. The number of hydrogen-bond donors (Lipinski definition) is 1. The second-order valence-corrected chi connectivity index (χ2v) is 7.16. The van der Waals surface area contributed by atoms with E-state index in [9.17, 15) is 0 Å². The molecule has 1 N–H and O–H groups in total. The van der Waals surface area contributed by atoms with Gasteiger partial charge in [0.05, 0.1) is 0 Å². The van der Waals surface area contributed by atoms with E-state index in [1.807, 2.05) is 0 Å². The molecule has 90 valence electrons. The van der Waals surface area contributed by atoms with Gasteiger partial charge in [-0.25, -0.2) is 0 Å². The molecule has 16 heavy (non-hydrogen) atoms. The number of nitrogens with one attached hydrogen (secondary N) is 1. The molecule has 0 spiro atoms. The molecular weight excluding hydrogens is 194 g/mol. The summed E-state index contributed by atoms with van der Waals surface area (Å²) in [6.45, 7) is 1.34. The molecule has 0 atom stereocenters. The van der Waals surface area contributed by atoms with E-state index in [-0.39, 0.29) is 0 Å². The van der Waals surface area contributed by atoms with Crippen LogP contribution in [0, 0.1) is 29.6 Å². The third-order valence-corrected chi connectivity index (χ3v) is 6.09. The van der Waals surface area contributed by atoms with Crippen molar-refractivity contribution in [3.8, 4) is 0 Å². The van der Waals surface area contributed by atoms with Crippen molar-refractivity contribution < 1.29 is 0 Å². The van der Waals surface area contributed by atoms with Crippen LogP contribution in [0.3, 0.4) is 0 Å². The molecule has 1 heteroatoms. The molecule has 0 saturated heterocycles. The van der Waals surface area contributed by atoms with Crippen LogP contribution in [-0.2, 0) is 0 Å². The van der Waals surface area contributed by atoms with Crippen molar-refractivity contribution >= 4 is 0 Å². The molecule has 5 aliphatic carbocycles. The topological polar surface area (TPSA) is 12.0 Å². The average molecular weight is 219 g/mol. The Morgan fingerprint density at radius 1 is 0.812 bits per heavy atom. The van der Waals surface area contributed by atoms with Crippen LogP contribution < -0.4 is 5.32 Å². The summed E-state index contributed by atoms with van der Waals surface area (Å²) < 4.78 is 0. The minimum atomic E-state index is 0.924. The molecule has 1 nitrogen and oxygen atoms in total. The first-order chi connectivity index (χ1) is 7.88. The normalized spacial score (nSPS) is 50.6. The van der Waals surface area contributed by atoms with E-state index in [0.29, 0.717) is 0 Å². The highest BCUT2D eigenvalue weighted by Gasteiger charge is 2.47. The van der Waals surface area contributed by atoms with Gasteiger partial charge < -0.3 is 5.32 Å². The van der Waals surface area contributed by atoms with Crippen LogP contribution >= 0.6 is 0 Å². The van der Waals surface area contributed by atoms with Crippen LogP contribution in [0.2, 0.25) is 0 Å². The third kappa shape index (κ3) is 1.54. The molecule has 0 unspecified atom stereocenters. The Bertz CT molecular complexity index is 241. The zero-order valence-corrected chi connectivity index (χ0v) is 10.3. The zero-order valence-electron chi connectivity index (χ0n) is 10.3. The molecule has 0 aromatic heterocycles. The highest BCUT2D eigenvalue weighted by atomic mass is 14.9. The van der Waals surface area contributed by atoms with Gasteiger partial charge in [-0.1, -0.05) is 6.42 Å². The highest BCUT2D eigenvalue weighted by molar-refractivity contribution is 5.01. The van der Waals surface area contributed by atoms with Gasteiger partial charge in [-0.05, 0) is 81.1 Å². The molecule has 5 aliphatic rings. The van der Waals surface area contributed by atoms with Crippen molar-refractivity contribution in [3.05, 3.63) is 0 Å². The van der Waals surface area contributed by atoms with Crippen molar-refractivity contribution in [1.82, 2.24) is 5.32 Å². The predicted octanol–water partition coefficient (Wildman–Crippen LogP) is 3.20. The van der Waals surface area contributed by atoms with E-state index in [4.69, 9.17) is 0 Å². The van der Waals surface area contributed by atoms with Gasteiger partial charge in [-0.3, -0.25) is 0 Å². The molecule has 0 heterocycles. The van der Waals surface area contributed by atoms with Crippen LogP contribution in [0.4, 0.5) is 0 Å². The van der Waals surface area contributed by atoms with E-state index in [1.54, 1.807) is 32.1 Å². The van der Waals surface area contributed by atoms with Crippen LogP contribution in [-0.4, -0.2) is 12.6 Å². The molecule has 0 amide bonds. The summed E-state index contributed by atoms with van der Waals surface area (Å²) >= 11 is 0. The fraction of sp³-hybridized carbons (Fsp3) is 1.00. The SMILES string of the molecule is C1CC(CNC2C3CC4CC(C3)CC2C4)C1. The summed E-state index contributed by atoms with van der Waals surface area (Å²) in [5.74, 6) is 5.43. The van der Waals surface area contributed by atoms with Gasteiger partial charge in [0.1, 0.15) is 0 Å². The molecule has 0 aromatic carbocycles. The summed E-state index contributed by atoms with van der Waals surface area (Å²) in [7, 11) is 0.